The average Bonchev–Trinajstić information content (AvgIpc) is 3.45. The van der Waals surface area contributed by atoms with E-state index in [-0.39, 0.29) is 40.3 Å². The molecule has 7 nitrogen and oxygen atoms in total. The molecule has 5 atom stereocenters. The second-order valence-corrected chi connectivity index (χ2v) is 10.4. The zero-order chi connectivity index (χ0) is 21.4. The van der Waals surface area contributed by atoms with E-state index in [1.807, 2.05) is 6.08 Å². The van der Waals surface area contributed by atoms with E-state index in [1.54, 1.807) is 11.8 Å². The third kappa shape index (κ3) is 2.77. The van der Waals surface area contributed by atoms with Gasteiger partial charge in [-0.1, -0.05) is 28.7 Å². The quantitative estimate of drug-likeness (QED) is 0.690. The van der Waals surface area contributed by atoms with Gasteiger partial charge in [-0.2, -0.15) is 0 Å². The van der Waals surface area contributed by atoms with Gasteiger partial charge in [-0.25, -0.2) is 4.39 Å². The second kappa shape index (κ2) is 6.64. The maximum atomic E-state index is 13.1. The molecule has 0 spiro atoms. The molecule has 10 heteroatoms. The Morgan fingerprint density at radius 3 is 2.68 bits per heavy atom. The van der Waals surface area contributed by atoms with Crippen LogP contribution in [0.4, 0.5) is 10.1 Å². The Morgan fingerprint density at radius 2 is 1.90 bits per heavy atom. The summed E-state index contributed by atoms with van der Waals surface area (Å²) in [7, 11) is 0. The molecule has 3 heterocycles. The van der Waals surface area contributed by atoms with Crippen molar-refractivity contribution in [3.8, 4) is 0 Å². The number of hydrogen-bond donors (Lipinski definition) is 2. The predicted molar refractivity (Wildman–Crippen MR) is 113 cm³/mol. The van der Waals surface area contributed by atoms with Crippen molar-refractivity contribution in [3.05, 3.63) is 50.2 Å². The van der Waals surface area contributed by atoms with Crippen molar-refractivity contribution in [1.29, 1.82) is 0 Å². The number of nitrogens with one attached hydrogen (secondary N) is 2. The first kappa shape index (κ1) is 19.0. The van der Waals surface area contributed by atoms with Crippen LogP contribution in [-0.4, -0.2) is 39.4 Å². The van der Waals surface area contributed by atoms with Gasteiger partial charge in [0.2, 0.25) is 17.7 Å². The zero-order valence-corrected chi connectivity index (χ0v) is 17.6. The molecule has 3 fully saturated rings. The van der Waals surface area contributed by atoms with Crippen LogP contribution < -0.4 is 10.2 Å². The molecular formula is C21H16FN3O4S2. The van der Waals surface area contributed by atoms with Crippen molar-refractivity contribution in [2.75, 3.05) is 11.9 Å². The number of rotatable bonds is 3. The Bertz CT molecular complexity index is 1230. The van der Waals surface area contributed by atoms with Gasteiger partial charge in [0, 0.05) is 10.9 Å². The monoisotopic (exact) mass is 457 g/mol. The first-order valence-electron chi connectivity index (χ1n) is 9.92. The zero-order valence-electron chi connectivity index (χ0n) is 16.0. The van der Waals surface area contributed by atoms with Gasteiger partial charge in [0.1, 0.15) is 12.4 Å². The summed E-state index contributed by atoms with van der Waals surface area (Å²) in [6, 6.07) is 5.30. The molecule has 2 N–H and O–H groups in total. The third-order valence-corrected chi connectivity index (χ3v) is 9.06. The summed E-state index contributed by atoms with van der Waals surface area (Å²) in [5.41, 5.74) is 1.54. The van der Waals surface area contributed by atoms with E-state index in [2.05, 4.69) is 10.3 Å². The fourth-order valence-corrected chi connectivity index (χ4v) is 7.95. The number of fused-ring (bicyclic) bond motifs is 9. The molecular weight excluding hydrogens is 441 g/mol. The van der Waals surface area contributed by atoms with Crippen LogP contribution in [0.1, 0.15) is 11.3 Å². The number of amides is 3. The Labute approximate surface area is 183 Å². The molecule has 1 saturated heterocycles. The molecule has 31 heavy (non-hydrogen) atoms. The van der Waals surface area contributed by atoms with Crippen molar-refractivity contribution in [3.63, 3.8) is 0 Å². The predicted octanol–water partition coefficient (Wildman–Crippen LogP) is 2.32. The smallest absolute Gasteiger partial charge is 0.305 e. The number of benzene rings is 1. The number of carbonyl (C=O) groups excluding carboxylic acids is 3. The molecule has 4 aliphatic rings. The van der Waals surface area contributed by atoms with Gasteiger partial charge >= 0.3 is 4.87 Å². The van der Waals surface area contributed by atoms with Crippen LogP contribution >= 0.6 is 23.1 Å². The molecule has 3 amide bonds. The number of aromatic nitrogens is 1. The number of carbonyl (C=O) groups is 3. The van der Waals surface area contributed by atoms with Crippen LogP contribution in [0.2, 0.25) is 0 Å². The highest BCUT2D eigenvalue weighted by atomic mass is 32.2. The van der Waals surface area contributed by atoms with Crippen LogP contribution in [0.15, 0.2) is 39.7 Å². The molecule has 2 saturated carbocycles. The number of likely N-dealkylation sites (tertiary alicyclic amines) is 1. The molecule has 2 aliphatic carbocycles. The van der Waals surface area contributed by atoms with Gasteiger partial charge in [-0.3, -0.25) is 24.1 Å². The minimum Gasteiger partial charge on any atom is -0.325 e. The number of hydrogen-bond acceptors (Lipinski definition) is 6. The van der Waals surface area contributed by atoms with Gasteiger partial charge in [0.25, 0.3) is 0 Å². The molecule has 0 radical (unpaired) electrons. The highest BCUT2D eigenvalue weighted by molar-refractivity contribution is 8.00. The minimum absolute atomic E-state index is 0.0180. The first-order valence-corrected chi connectivity index (χ1v) is 11.6. The van der Waals surface area contributed by atoms with Crippen molar-refractivity contribution >= 4 is 52.6 Å². The largest absolute Gasteiger partial charge is 0.325 e. The van der Waals surface area contributed by atoms with Crippen LogP contribution in [0.25, 0.3) is 6.08 Å². The first-order chi connectivity index (χ1) is 14.9. The van der Waals surface area contributed by atoms with E-state index >= 15 is 0 Å². The lowest BCUT2D eigenvalue weighted by Crippen LogP contribution is -2.39. The van der Waals surface area contributed by atoms with E-state index in [0.717, 1.165) is 38.1 Å². The van der Waals surface area contributed by atoms with E-state index in [4.69, 9.17) is 0 Å². The van der Waals surface area contributed by atoms with Gasteiger partial charge < -0.3 is 10.3 Å². The van der Waals surface area contributed by atoms with Gasteiger partial charge in [0.05, 0.1) is 21.7 Å². The van der Waals surface area contributed by atoms with Crippen molar-refractivity contribution < 1.29 is 18.8 Å². The molecule has 1 aromatic carbocycles. The number of thioether (sulfide) groups is 1. The topological polar surface area (TPSA) is 99.3 Å². The number of H-pyrrole nitrogens is 1. The summed E-state index contributed by atoms with van der Waals surface area (Å²) in [5.74, 6) is -2.36. The fourth-order valence-electron chi connectivity index (χ4n) is 5.51. The molecule has 158 valence electrons. The van der Waals surface area contributed by atoms with E-state index in [0.29, 0.717) is 5.69 Å². The molecule has 1 aromatic heterocycles. The van der Waals surface area contributed by atoms with Crippen molar-refractivity contribution in [2.24, 2.45) is 23.7 Å². The average molecular weight is 458 g/mol. The third-order valence-electron chi connectivity index (χ3n) is 6.67. The van der Waals surface area contributed by atoms with E-state index in [1.165, 1.54) is 24.3 Å². The van der Waals surface area contributed by atoms with Crippen molar-refractivity contribution in [1.82, 2.24) is 9.88 Å². The second-order valence-electron chi connectivity index (χ2n) is 8.27. The normalized spacial score (nSPS) is 30.2. The molecule has 2 aromatic rings. The summed E-state index contributed by atoms with van der Waals surface area (Å²) in [5, 5.41) is 3.52. The van der Waals surface area contributed by atoms with E-state index < -0.39 is 23.6 Å². The summed E-state index contributed by atoms with van der Waals surface area (Å²) in [4.78, 5) is 55.1. The Morgan fingerprint density at radius 1 is 1.16 bits per heavy atom. The minimum atomic E-state index is -0.494. The lowest BCUT2D eigenvalue weighted by atomic mass is 9.77. The Balaban J connectivity index is 1.23. The summed E-state index contributed by atoms with van der Waals surface area (Å²) in [6.45, 7) is -0.348. The van der Waals surface area contributed by atoms with Gasteiger partial charge in [-0.15, -0.1) is 0 Å². The lowest BCUT2D eigenvalue weighted by Gasteiger charge is -2.32. The van der Waals surface area contributed by atoms with Crippen molar-refractivity contribution in [2.45, 2.75) is 16.7 Å². The highest BCUT2D eigenvalue weighted by Gasteiger charge is 2.66. The number of nitrogens with zero attached hydrogens (tertiary/aromatic N) is 1. The Kier molecular flexibility index (Phi) is 4.07. The number of aromatic amines is 1. The maximum Gasteiger partial charge on any atom is 0.305 e. The number of imide groups is 1. The summed E-state index contributed by atoms with van der Waals surface area (Å²) >= 11 is 2.73. The number of thiazole rings is 1. The van der Waals surface area contributed by atoms with Crippen LogP contribution in [0.3, 0.4) is 0 Å². The lowest BCUT2D eigenvalue weighted by molar-refractivity contribution is -0.143. The number of anilines is 1. The van der Waals surface area contributed by atoms with Crippen LogP contribution in [0, 0.1) is 29.5 Å². The standard InChI is InChI=1S/C21H16FN3O4S2/c22-8-1-3-9(4-2-8)23-14(26)7-25-19(27)15-10-5-12(16(15)20(25)28)17-11(10)6-13-18(31-17)24-21(29)30-13/h1-4,6,10,12,15-17H,5,7H2,(H,23,26)(H,24,29)/t10-,12+,15+,16+,17-/m0/s1. The fraction of sp³-hybridized carbons (Fsp3) is 0.333. The maximum absolute atomic E-state index is 13.1. The Hall–Kier alpha value is -2.72. The SMILES string of the molecule is O=C(CN1C(=O)[C@@H]2[C@H]3C[C@@H](C4=Cc5sc(=O)[nH]c5S[C@@H]43)[C@H]2C1=O)Nc1ccc(F)cc1. The van der Waals surface area contributed by atoms with Crippen LogP contribution in [0.5, 0.6) is 0 Å². The van der Waals surface area contributed by atoms with Gasteiger partial charge in [0.15, 0.2) is 0 Å². The number of halogens is 1. The molecule has 2 bridgehead atoms. The van der Waals surface area contributed by atoms with Gasteiger partial charge in [-0.05, 0) is 48.6 Å². The van der Waals surface area contributed by atoms with E-state index in [9.17, 15) is 23.6 Å². The molecule has 2 aliphatic heterocycles. The summed E-state index contributed by atoms with van der Waals surface area (Å²) in [6.07, 6.45) is 2.80. The highest BCUT2D eigenvalue weighted by Crippen LogP contribution is 2.64. The molecule has 6 rings (SSSR count). The van der Waals surface area contributed by atoms with Crippen LogP contribution in [-0.2, 0) is 14.4 Å². The molecule has 0 unspecified atom stereocenters. The summed E-state index contributed by atoms with van der Waals surface area (Å²) < 4.78 is 13.0.